The minimum absolute atomic E-state index is 0.0868. The lowest BCUT2D eigenvalue weighted by atomic mass is 10.1. The van der Waals surface area contributed by atoms with Crippen molar-refractivity contribution in [3.05, 3.63) is 22.7 Å². The molecule has 1 fully saturated rings. The molecule has 0 aromatic carbocycles. The molecule has 1 aromatic heterocycles. The quantitative estimate of drug-likeness (QED) is 0.541. The third kappa shape index (κ3) is 3.45. The van der Waals surface area contributed by atoms with Gasteiger partial charge < -0.3 is 30.2 Å². The van der Waals surface area contributed by atoms with Gasteiger partial charge in [0.1, 0.15) is 24.1 Å². The van der Waals surface area contributed by atoms with Gasteiger partial charge >= 0.3 is 5.69 Å². The van der Waals surface area contributed by atoms with E-state index in [4.69, 9.17) is 19.9 Å². The SMILES string of the molecule is COCCO[C@@H]1[C@H](O)[C@@H](C(C)O)O[C@H]1n1ccc(N)nc1=O. The van der Waals surface area contributed by atoms with E-state index in [1.54, 1.807) is 0 Å². The van der Waals surface area contributed by atoms with E-state index in [9.17, 15) is 15.0 Å². The fraction of sp³-hybridized carbons (Fsp3) is 0.692. The number of aliphatic hydroxyl groups excluding tert-OH is 2. The van der Waals surface area contributed by atoms with Gasteiger partial charge in [-0.1, -0.05) is 0 Å². The van der Waals surface area contributed by atoms with Crippen LogP contribution in [0.5, 0.6) is 0 Å². The first kappa shape index (κ1) is 16.8. The van der Waals surface area contributed by atoms with Crippen LogP contribution >= 0.6 is 0 Å². The van der Waals surface area contributed by atoms with E-state index in [1.165, 1.54) is 30.9 Å². The van der Waals surface area contributed by atoms with Crippen LogP contribution in [-0.4, -0.2) is 64.5 Å². The number of nitrogens with two attached hydrogens (primary N) is 1. The minimum atomic E-state index is -1.09. The summed E-state index contributed by atoms with van der Waals surface area (Å²) in [6, 6.07) is 1.44. The van der Waals surface area contributed by atoms with E-state index in [-0.39, 0.29) is 12.4 Å². The Balaban J connectivity index is 2.26. The molecule has 124 valence electrons. The van der Waals surface area contributed by atoms with E-state index in [0.717, 1.165) is 0 Å². The zero-order valence-electron chi connectivity index (χ0n) is 12.5. The first-order valence-corrected chi connectivity index (χ1v) is 6.92. The van der Waals surface area contributed by atoms with E-state index in [0.29, 0.717) is 6.61 Å². The summed E-state index contributed by atoms with van der Waals surface area (Å²) < 4.78 is 17.2. The second kappa shape index (κ2) is 7.16. The van der Waals surface area contributed by atoms with Gasteiger partial charge in [0.05, 0.1) is 19.3 Å². The van der Waals surface area contributed by atoms with Gasteiger partial charge in [-0.05, 0) is 13.0 Å². The van der Waals surface area contributed by atoms with Crippen molar-refractivity contribution in [2.24, 2.45) is 0 Å². The molecule has 2 rings (SSSR count). The van der Waals surface area contributed by atoms with Gasteiger partial charge in [0, 0.05) is 13.3 Å². The Morgan fingerprint density at radius 1 is 1.55 bits per heavy atom. The molecule has 0 aliphatic carbocycles. The molecule has 0 saturated carbocycles. The summed E-state index contributed by atoms with van der Waals surface area (Å²) in [5, 5.41) is 20.0. The maximum atomic E-state index is 12.0. The van der Waals surface area contributed by atoms with Gasteiger partial charge in [-0.15, -0.1) is 0 Å². The van der Waals surface area contributed by atoms with Crippen molar-refractivity contribution in [2.75, 3.05) is 26.1 Å². The van der Waals surface area contributed by atoms with Crippen molar-refractivity contribution >= 4 is 5.82 Å². The number of aromatic nitrogens is 2. The lowest BCUT2D eigenvalue weighted by Gasteiger charge is -2.22. The maximum Gasteiger partial charge on any atom is 0.351 e. The Kier molecular flexibility index (Phi) is 5.48. The molecule has 0 bridgehead atoms. The van der Waals surface area contributed by atoms with Crippen LogP contribution in [0.1, 0.15) is 13.2 Å². The topological polar surface area (TPSA) is 129 Å². The van der Waals surface area contributed by atoms with Crippen molar-refractivity contribution in [1.29, 1.82) is 0 Å². The molecule has 4 N–H and O–H groups in total. The van der Waals surface area contributed by atoms with Crippen molar-refractivity contribution in [3.63, 3.8) is 0 Å². The molecular formula is C13H21N3O6. The smallest absolute Gasteiger partial charge is 0.351 e. The highest BCUT2D eigenvalue weighted by Crippen LogP contribution is 2.32. The molecule has 0 amide bonds. The van der Waals surface area contributed by atoms with Gasteiger partial charge in [0.15, 0.2) is 6.23 Å². The number of hydrogen-bond donors (Lipinski definition) is 3. The van der Waals surface area contributed by atoms with E-state index >= 15 is 0 Å². The number of ether oxygens (including phenoxy) is 3. The number of nitrogen functional groups attached to an aromatic ring is 1. The monoisotopic (exact) mass is 315 g/mol. The van der Waals surface area contributed by atoms with E-state index in [1.807, 2.05) is 0 Å². The zero-order chi connectivity index (χ0) is 16.3. The predicted molar refractivity (Wildman–Crippen MR) is 76.1 cm³/mol. The van der Waals surface area contributed by atoms with Gasteiger partial charge in [0.2, 0.25) is 0 Å². The fourth-order valence-electron chi connectivity index (χ4n) is 2.37. The highest BCUT2D eigenvalue weighted by molar-refractivity contribution is 5.23. The standard InChI is InChI=1S/C13H21N3O6/c1-7(17)10-9(18)11(21-6-5-20-2)12(22-10)16-4-3-8(14)15-13(16)19/h3-4,7,9-12,17-18H,5-6H2,1-2H3,(H2,14,15,19)/t7?,9-,10-,11-,12-/m1/s1. The predicted octanol–water partition coefficient (Wildman–Crippen LogP) is -1.50. The number of anilines is 1. The normalized spacial score (nSPS) is 29.6. The summed E-state index contributed by atoms with van der Waals surface area (Å²) in [6.07, 6.45) is -3.22. The van der Waals surface area contributed by atoms with Gasteiger partial charge in [-0.3, -0.25) is 4.57 Å². The van der Waals surface area contributed by atoms with Crippen LogP contribution in [0, 0.1) is 0 Å². The minimum Gasteiger partial charge on any atom is -0.391 e. The lowest BCUT2D eigenvalue weighted by molar-refractivity contribution is -0.0901. The summed E-state index contributed by atoms with van der Waals surface area (Å²) in [6.45, 7) is 2.03. The number of hydrogen-bond acceptors (Lipinski definition) is 8. The van der Waals surface area contributed by atoms with Crippen LogP contribution in [-0.2, 0) is 14.2 Å². The van der Waals surface area contributed by atoms with Crippen molar-refractivity contribution in [2.45, 2.75) is 37.6 Å². The third-order valence-corrected chi connectivity index (χ3v) is 3.45. The Hall–Kier alpha value is -1.52. The largest absolute Gasteiger partial charge is 0.391 e. The molecule has 0 spiro atoms. The summed E-state index contributed by atoms with van der Waals surface area (Å²) in [7, 11) is 1.52. The molecule has 1 aromatic rings. The number of nitrogens with zero attached hydrogens (tertiary/aromatic N) is 2. The molecule has 22 heavy (non-hydrogen) atoms. The summed E-state index contributed by atoms with van der Waals surface area (Å²) in [5.41, 5.74) is 4.84. The van der Waals surface area contributed by atoms with E-state index in [2.05, 4.69) is 4.98 Å². The first-order valence-electron chi connectivity index (χ1n) is 6.92. The Bertz CT molecular complexity index is 549. The van der Waals surface area contributed by atoms with Crippen LogP contribution < -0.4 is 11.4 Å². The van der Waals surface area contributed by atoms with Crippen molar-refractivity contribution in [3.8, 4) is 0 Å². The molecule has 1 saturated heterocycles. The maximum absolute atomic E-state index is 12.0. The van der Waals surface area contributed by atoms with E-state index < -0.39 is 36.3 Å². The van der Waals surface area contributed by atoms with Crippen LogP contribution in [0.2, 0.25) is 0 Å². The highest BCUT2D eigenvalue weighted by atomic mass is 16.6. The third-order valence-electron chi connectivity index (χ3n) is 3.45. The summed E-state index contributed by atoms with van der Waals surface area (Å²) in [5.74, 6) is 0.0868. The summed E-state index contributed by atoms with van der Waals surface area (Å²) >= 11 is 0. The molecule has 1 unspecified atom stereocenters. The molecule has 1 aliphatic rings. The van der Waals surface area contributed by atoms with Crippen LogP contribution in [0.4, 0.5) is 5.82 Å². The van der Waals surface area contributed by atoms with Crippen molar-refractivity contribution in [1.82, 2.24) is 9.55 Å². The zero-order valence-corrected chi connectivity index (χ0v) is 12.5. The molecule has 1 aliphatic heterocycles. The first-order chi connectivity index (χ1) is 10.5. The highest BCUT2D eigenvalue weighted by Gasteiger charge is 2.47. The second-order valence-electron chi connectivity index (χ2n) is 5.09. The van der Waals surface area contributed by atoms with Gasteiger partial charge in [-0.25, -0.2) is 4.79 Å². The second-order valence-corrected chi connectivity index (χ2v) is 5.09. The Morgan fingerprint density at radius 3 is 2.86 bits per heavy atom. The molecule has 0 radical (unpaired) electrons. The average Bonchev–Trinajstić information content (AvgIpc) is 2.77. The summed E-state index contributed by atoms with van der Waals surface area (Å²) in [4.78, 5) is 15.6. The average molecular weight is 315 g/mol. The number of methoxy groups -OCH3 is 1. The molecule has 9 heteroatoms. The molecule has 5 atom stereocenters. The van der Waals surface area contributed by atoms with Gasteiger partial charge in [-0.2, -0.15) is 4.98 Å². The number of rotatable bonds is 6. The van der Waals surface area contributed by atoms with Crippen LogP contribution in [0.25, 0.3) is 0 Å². The molecule has 2 heterocycles. The van der Waals surface area contributed by atoms with Crippen LogP contribution in [0.15, 0.2) is 17.1 Å². The lowest BCUT2D eigenvalue weighted by Crippen LogP contribution is -2.40. The van der Waals surface area contributed by atoms with Crippen molar-refractivity contribution < 1.29 is 24.4 Å². The molecule has 9 nitrogen and oxygen atoms in total. The Labute approximate surface area is 127 Å². The molecular weight excluding hydrogens is 294 g/mol. The Morgan fingerprint density at radius 2 is 2.27 bits per heavy atom. The van der Waals surface area contributed by atoms with Crippen LogP contribution in [0.3, 0.4) is 0 Å². The number of aliphatic hydroxyl groups is 2. The fourth-order valence-corrected chi connectivity index (χ4v) is 2.37. The van der Waals surface area contributed by atoms with Gasteiger partial charge in [0.25, 0.3) is 0 Å².